The number of hydrogen-bond donors (Lipinski definition) is 0. The Kier molecular flexibility index (Phi) is 2.92. The van der Waals surface area contributed by atoms with Crippen molar-refractivity contribution in [1.29, 1.82) is 0 Å². The van der Waals surface area contributed by atoms with Gasteiger partial charge in [-0.15, -0.1) is 0 Å². The summed E-state index contributed by atoms with van der Waals surface area (Å²) in [6.07, 6.45) is 3.78. The Balaban J connectivity index is 2.20. The van der Waals surface area contributed by atoms with Crippen molar-refractivity contribution in [2.75, 3.05) is 0 Å². The Bertz CT molecular complexity index is 154. The zero-order chi connectivity index (χ0) is 8.27. The maximum Gasteiger partial charge on any atom is 0.133 e. The summed E-state index contributed by atoms with van der Waals surface area (Å²) >= 11 is 0. The highest BCUT2D eigenvalue weighted by atomic mass is 16.6. The summed E-state index contributed by atoms with van der Waals surface area (Å²) in [4.78, 5) is 5.23. The minimum atomic E-state index is 0.366. The van der Waals surface area contributed by atoms with Crippen LogP contribution in [-0.4, -0.2) is 11.8 Å². The molecule has 0 aromatic carbocycles. The molecule has 1 heterocycles. The Labute approximate surface area is 68.6 Å². The van der Waals surface area contributed by atoms with Crippen LogP contribution in [0.2, 0.25) is 0 Å². The van der Waals surface area contributed by atoms with Gasteiger partial charge in [0, 0.05) is 6.42 Å². The van der Waals surface area contributed by atoms with E-state index in [1.54, 1.807) is 0 Å². The Morgan fingerprint density at radius 1 is 1.73 bits per heavy atom. The van der Waals surface area contributed by atoms with E-state index in [0.29, 0.717) is 6.10 Å². The van der Waals surface area contributed by atoms with Crippen LogP contribution in [0.3, 0.4) is 0 Å². The molecule has 1 rings (SSSR count). The monoisotopic (exact) mass is 155 g/mol. The molecule has 0 spiro atoms. The normalized spacial score (nSPS) is 26.1. The van der Waals surface area contributed by atoms with E-state index < -0.39 is 0 Å². The summed E-state index contributed by atoms with van der Waals surface area (Å²) < 4.78 is 0. The van der Waals surface area contributed by atoms with Crippen LogP contribution in [0.4, 0.5) is 0 Å². The lowest BCUT2D eigenvalue weighted by molar-refractivity contribution is 0.0674. The first-order valence-corrected chi connectivity index (χ1v) is 4.41. The molecule has 0 N–H and O–H groups in total. The highest BCUT2D eigenvalue weighted by Gasteiger charge is 2.19. The second-order valence-electron chi connectivity index (χ2n) is 3.51. The molecule has 0 bridgehead atoms. The third kappa shape index (κ3) is 2.52. The van der Waals surface area contributed by atoms with Gasteiger partial charge in [0.15, 0.2) is 0 Å². The standard InChI is InChI=1S/C9H17NO/c1-4-7(2)5-9-6-8(3)10-11-9/h7,9H,4-6H2,1-3H3. The third-order valence-corrected chi connectivity index (χ3v) is 2.24. The van der Waals surface area contributed by atoms with Crippen molar-refractivity contribution in [3.05, 3.63) is 0 Å². The maximum absolute atomic E-state index is 5.23. The zero-order valence-electron chi connectivity index (χ0n) is 7.63. The second kappa shape index (κ2) is 3.74. The minimum Gasteiger partial charge on any atom is -0.392 e. The Hall–Kier alpha value is -0.530. The fourth-order valence-corrected chi connectivity index (χ4v) is 1.31. The average Bonchev–Trinajstić information content (AvgIpc) is 2.35. The van der Waals surface area contributed by atoms with Crippen LogP contribution in [0.1, 0.15) is 40.0 Å². The van der Waals surface area contributed by atoms with E-state index in [-0.39, 0.29) is 0 Å². The van der Waals surface area contributed by atoms with Gasteiger partial charge in [-0.3, -0.25) is 0 Å². The molecule has 2 nitrogen and oxygen atoms in total. The largest absolute Gasteiger partial charge is 0.392 e. The van der Waals surface area contributed by atoms with E-state index in [1.165, 1.54) is 6.42 Å². The van der Waals surface area contributed by atoms with Crippen molar-refractivity contribution in [2.45, 2.75) is 46.1 Å². The Morgan fingerprint density at radius 3 is 2.91 bits per heavy atom. The summed E-state index contributed by atoms with van der Waals surface area (Å²) in [5.74, 6) is 0.765. The van der Waals surface area contributed by atoms with Crippen LogP contribution in [-0.2, 0) is 4.84 Å². The fraction of sp³-hybridized carbons (Fsp3) is 0.889. The highest BCUT2D eigenvalue weighted by molar-refractivity contribution is 5.82. The molecule has 11 heavy (non-hydrogen) atoms. The van der Waals surface area contributed by atoms with Crippen LogP contribution in [0.5, 0.6) is 0 Å². The fourth-order valence-electron chi connectivity index (χ4n) is 1.31. The van der Waals surface area contributed by atoms with Crippen LogP contribution in [0.25, 0.3) is 0 Å². The molecule has 2 heteroatoms. The van der Waals surface area contributed by atoms with Gasteiger partial charge in [0.1, 0.15) is 6.10 Å². The average molecular weight is 155 g/mol. The van der Waals surface area contributed by atoms with Crippen LogP contribution in [0, 0.1) is 5.92 Å². The molecular formula is C9H17NO. The van der Waals surface area contributed by atoms with Gasteiger partial charge < -0.3 is 4.84 Å². The van der Waals surface area contributed by atoms with Crippen molar-refractivity contribution >= 4 is 5.71 Å². The van der Waals surface area contributed by atoms with Gasteiger partial charge in [-0.25, -0.2) is 0 Å². The van der Waals surface area contributed by atoms with Crippen LogP contribution in [0.15, 0.2) is 5.16 Å². The quantitative estimate of drug-likeness (QED) is 0.614. The van der Waals surface area contributed by atoms with Gasteiger partial charge in [0.05, 0.1) is 5.71 Å². The van der Waals surface area contributed by atoms with Crippen LogP contribution < -0.4 is 0 Å². The van der Waals surface area contributed by atoms with Gasteiger partial charge in [-0.1, -0.05) is 25.4 Å². The highest BCUT2D eigenvalue weighted by Crippen LogP contribution is 2.19. The number of nitrogens with zero attached hydrogens (tertiary/aromatic N) is 1. The maximum atomic E-state index is 5.23. The molecule has 1 aliphatic rings. The van der Waals surface area contributed by atoms with Gasteiger partial charge in [0.25, 0.3) is 0 Å². The molecule has 2 unspecified atom stereocenters. The summed E-state index contributed by atoms with van der Waals surface area (Å²) in [7, 11) is 0. The predicted molar refractivity (Wildman–Crippen MR) is 46.7 cm³/mol. The first-order valence-electron chi connectivity index (χ1n) is 4.41. The smallest absolute Gasteiger partial charge is 0.133 e. The van der Waals surface area contributed by atoms with E-state index in [1.807, 2.05) is 6.92 Å². The van der Waals surface area contributed by atoms with Crippen molar-refractivity contribution in [1.82, 2.24) is 0 Å². The molecule has 0 saturated carbocycles. The van der Waals surface area contributed by atoms with Crippen molar-refractivity contribution in [3.8, 4) is 0 Å². The van der Waals surface area contributed by atoms with Crippen molar-refractivity contribution < 1.29 is 4.84 Å². The van der Waals surface area contributed by atoms with Gasteiger partial charge >= 0.3 is 0 Å². The van der Waals surface area contributed by atoms with E-state index in [4.69, 9.17) is 4.84 Å². The summed E-state index contributed by atoms with van der Waals surface area (Å²) in [5.41, 5.74) is 1.14. The van der Waals surface area contributed by atoms with Crippen molar-refractivity contribution in [2.24, 2.45) is 11.1 Å². The minimum absolute atomic E-state index is 0.366. The molecule has 0 aromatic heterocycles. The number of oxime groups is 1. The number of rotatable bonds is 3. The lowest BCUT2D eigenvalue weighted by Crippen LogP contribution is -2.11. The van der Waals surface area contributed by atoms with E-state index in [2.05, 4.69) is 19.0 Å². The molecule has 0 amide bonds. The van der Waals surface area contributed by atoms with Crippen LogP contribution >= 0.6 is 0 Å². The summed E-state index contributed by atoms with van der Waals surface area (Å²) in [6, 6.07) is 0. The molecule has 2 atom stereocenters. The van der Waals surface area contributed by atoms with Gasteiger partial charge in [-0.05, 0) is 19.3 Å². The lowest BCUT2D eigenvalue weighted by Gasteiger charge is -2.12. The second-order valence-corrected chi connectivity index (χ2v) is 3.51. The van der Waals surface area contributed by atoms with Gasteiger partial charge in [-0.2, -0.15) is 0 Å². The lowest BCUT2D eigenvalue weighted by atomic mass is 9.99. The van der Waals surface area contributed by atoms with E-state index in [0.717, 1.165) is 24.5 Å². The predicted octanol–water partition coefficient (Wildman–Crippen LogP) is 2.59. The molecule has 0 aromatic rings. The SMILES string of the molecule is CCC(C)CC1CC(C)=NO1. The molecule has 64 valence electrons. The van der Waals surface area contributed by atoms with Gasteiger partial charge in [0.2, 0.25) is 0 Å². The number of hydrogen-bond acceptors (Lipinski definition) is 2. The molecular weight excluding hydrogens is 138 g/mol. The molecule has 1 aliphatic heterocycles. The first kappa shape index (κ1) is 8.57. The topological polar surface area (TPSA) is 21.6 Å². The zero-order valence-corrected chi connectivity index (χ0v) is 7.63. The first-order chi connectivity index (χ1) is 5.22. The summed E-state index contributed by atoms with van der Waals surface area (Å²) in [5, 5.41) is 3.92. The molecule has 0 saturated heterocycles. The molecule has 0 radical (unpaired) electrons. The Morgan fingerprint density at radius 2 is 2.45 bits per heavy atom. The summed E-state index contributed by atoms with van der Waals surface area (Å²) in [6.45, 7) is 6.50. The molecule has 0 fully saturated rings. The van der Waals surface area contributed by atoms with Crippen molar-refractivity contribution in [3.63, 3.8) is 0 Å². The third-order valence-electron chi connectivity index (χ3n) is 2.24. The van der Waals surface area contributed by atoms with E-state index >= 15 is 0 Å². The van der Waals surface area contributed by atoms with E-state index in [9.17, 15) is 0 Å². The molecule has 0 aliphatic carbocycles.